The Labute approximate surface area is 250 Å². The minimum atomic E-state index is -4.52. The predicted octanol–water partition coefficient (Wildman–Crippen LogP) is 5.52. The van der Waals surface area contributed by atoms with Gasteiger partial charge in [-0.1, -0.05) is 35.9 Å². The largest absolute Gasteiger partial charge is 0.450 e. The van der Waals surface area contributed by atoms with E-state index in [0.29, 0.717) is 15.9 Å². The van der Waals surface area contributed by atoms with Gasteiger partial charge in [-0.05, 0) is 61.5 Å². The Bertz CT molecular complexity index is 2040. The number of benzene rings is 3. The molecular formula is C30H24ClFN4O6S. The number of amides is 2. The lowest BCUT2D eigenvalue weighted by molar-refractivity contribution is 0.0973. The van der Waals surface area contributed by atoms with E-state index in [1.807, 2.05) is 0 Å². The van der Waals surface area contributed by atoms with Crippen molar-refractivity contribution in [1.29, 1.82) is 0 Å². The van der Waals surface area contributed by atoms with Crippen molar-refractivity contribution in [3.63, 3.8) is 0 Å². The van der Waals surface area contributed by atoms with Gasteiger partial charge in [0.1, 0.15) is 11.5 Å². The number of sulfonamides is 1. The molecule has 10 nitrogen and oxygen atoms in total. The number of rotatable bonds is 8. The van der Waals surface area contributed by atoms with Crippen LogP contribution in [-0.2, 0) is 21.3 Å². The molecule has 0 bridgehead atoms. The number of carbonyl (C=O) groups is 2. The molecule has 13 heteroatoms. The molecule has 0 radical (unpaired) electrons. The lowest BCUT2D eigenvalue weighted by Crippen LogP contribution is -2.33. The zero-order chi connectivity index (χ0) is 30.7. The molecule has 2 aromatic heterocycles. The van der Waals surface area contributed by atoms with Crippen molar-refractivity contribution in [1.82, 2.24) is 14.3 Å². The molecule has 220 valence electrons. The van der Waals surface area contributed by atoms with Gasteiger partial charge in [-0.3, -0.25) is 14.9 Å². The van der Waals surface area contributed by atoms with E-state index in [1.54, 1.807) is 37.3 Å². The minimum absolute atomic E-state index is 0.0743. The molecule has 5 aromatic rings. The van der Waals surface area contributed by atoms with Crippen molar-refractivity contribution < 1.29 is 27.1 Å². The number of nitrogens with one attached hydrogen (secondary N) is 3. The van der Waals surface area contributed by atoms with Gasteiger partial charge in [0.05, 0.1) is 18.0 Å². The number of fused-ring (bicyclic) bond motifs is 1. The van der Waals surface area contributed by atoms with Crippen LogP contribution in [-0.4, -0.2) is 36.6 Å². The van der Waals surface area contributed by atoms with Crippen molar-refractivity contribution in [3.8, 4) is 11.1 Å². The summed E-state index contributed by atoms with van der Waals surface area (Å²) in [6.45, 7) is 1.56. The van der Waals surface area contributed by atoms with Crippen LogP contribution in [0, 0.1) is 5.82 Å². The first-order valence-electron chi connectivity index (χ1n) is 12.9. The first kappa shape index (κ1) is 29.5. The van der Waals surface area contributed by atoms with Crippen LogP contribution in [0.1, 0.15) is 23.0 Å². The van der Waals surface area contributed by atoms with Gasteiger partial charge in [-0.25, -0.2) is 22.3 Å². The third-order valence-corrected chi connectivity index (χ3v) is 8.07. The number of aromatic amines is 1. The summed E-state index contributed by atoms with van der Waals surface area (Å²) < 4.78 is 50.1. The summed E-state index contributed by atoms with van der Waals surface area (Å²) in [5.41, 5.74) is 0.190. The molecular weight excluding hydrogens is 599 g/mol. The van der Waals surface area contributed by atoms with E-state index in [2.05, 4.69) is 15.0 Å². The van der Waals surface area contributed by atoms with Gasteiger partial charge in [-0.15, -0.1) is 0 Å². The SMILES string of the molecule is CCOC(=O)Nc1cccc(S(=O)(=O)NC(=O)c2c(-c3ccc[nH]c3=O)c3cc(Cl)ccc3n2Cc2ccccc2F)c1. The Kier molecular flexibility index (Phi) is 8.33. The lowest BCUT2D eigenvalue weighted by atomic mass is 10.0. The molecule has 0 saturated heterocycles. The Morgan fingerprint density at radius 3 is 2.56 bits per heavy atom. The monoisotopic (exact) mass is 622 g/mol. The Hall–Kier alpha value is -4.94. The second kappa shape index (κ2) is 12.1. The molecule has 0 aliphatic carbocycles. The van der Waals surface area contributed by atoms with Crippen LogP contribution in [0.25, 0.3) is 22.0 Å². The zero-order valence-electron chi connectivity index (χ0n) is 22.6. The lowest BCUT2D eigenvalue weighted by Gasteiger charge is -2.14. The van der Waals surface area contributed by atoms with E-state index in [4.69, 9.17) is 16.3 Å². The Morgan fingerprint density at radius 1 is 1.02 bits per heavy atom. The van der Waals surface area contributed by atoms with Crippen LogP contribution < -0.4 is 15.6 Å². The second-order valence-electron chi connectivity index (χ2n) is 9.28. The molecule has 3 aromatic carbocycles. The van der Waals surface area contributed by atoms with Crippen LogP contribution in [0.2, 0.25) is 5.02 Å². The van der Waals surface area contributed by atoms with E-state index < -0.39 is 33.4 Å². The highest BCUT2D eigenvalue weighted by molar-refractivity contribution is 7.90. The van der Waals surface area contributed by atoms with Gasteiger partial charge in [0.25, 0.3) is 21.5 Å². The number of pyridine rings is 1. The van der Waals surface area contributed by atoms with E-state index in [9.17, 15) is 27.2 Å². The van der Waals surface area contributed by atoms with Crippen molar-refractivity contribution in [2.45, 2.75) is 18.4 Å². The topological polar surface area (TPSA) is 139 Å². The highest BCUT2D eigenvalue weighted by Gasteiger charge is 2.29. The number of halogens is 2. The maximum absolute atomic E-state index is 14.8. The summed E-state index contributed by atoms with van der Waals surface area (Å²) in [4.78, 5) is 41.0. The van der Waals surface area contributed by atoms with Gasteiger partial charge in [0, 0.05) is 44.5 Å². The molecule has 2 heterocycles. The standard InChI is InChI=1S/C30H24ClFN4O6S/c1-2-42-30(39)34-20-8-5-9-21(16-20)43(40,41)35-29(38)27-26(22-10-6-14-33-28(22)37)23-15-19(31)12-13-25(23)36(27)17-18-7-3-4-11-24(18)32/h3-16H,2,17H2,1H3,(H,33,37)(H,34,39)(H,35,38). The Morgan fingerprint density at radius 2 is 1.81 bits per heavy atom. The van der Waals surface area contributed by atoms with E-state index in [-0.39, 0.29) is 46.1 Å². The van der Waals surface area contributed by atoms with Gasteiger partial charge >= 0.3 is 6.09 Å². The predicted molar refractivity (Wildman–Crippen MR) is 160 cm³/mol. The first-order valence-corrected chi connectivity index (χ1v) is 14.8. The average Bonchev–Trinajstić information content (AvgIpc) is 3.27. The molecule has 2 amide bonds. The number of hydrogen-bond acceptors (Lipinski definition) is 6. The summed E-state index contributed by atoms with van der Waals surface area (Å²) in [7, 11) is -4.52. The molecule has 43 heavy (non-hydrogen) atoms. The molecule has 5 rings (SSSR count). The van der Waals surface area contributed by atoms with Crippen molar-refractivity contribution in [2.75, 3.05) is 11.9 Å². The van der Waals surface area contributed by atoms with Gasteiger partial charge in [0.15, 0.2) is 0 Å². The minimum Gasteiger partial charge on any atom is -0.450 e. The molecule has 0 saturated carbocycles. The van der Waals surface area contributed by atoms with Crippen LogP contribution in [0.4, 0.5) is 14.9 Å². The maximum Gasteiger partial charge on any atom is 0.411 e. The molecule has 0 aliphatic heterocycles. The van der Waals surface area contributed by atoms with Crippen molar-refractivity contribution in [3.05, 3.63) is 118 Å². The van der Waals surface area contributed by atoms with Crippen LogP contribution in [0.15, 0.2) is 94.7 Å². The van der Waals surface area contributed by atoms with E-state index in [1.165, 1.54) is 53.2 Å². The number of H-pyrrole nitrogens is 1. The summed E-state index contributed by atoms with van der Waals surface area (Å²) >= 11 is 6.31. The smallest absolute Gasteiger partial charge is 0.411 e. The van der Waals surface area contributed by atoms with Crippen LogP contribution >= 0.6 is 11.6 Å². The number of aromatic nitrogens is 2. The number of anilines is 1. The number of nitrogens with zero attached hydrogens (tertiary/aromatic N) is 1. The summed E-state index contributed by atoms with van der Waals surface area (Å²) in [5.74, 6) is -1.62. The molecule has 0 aliphatic rings. The van der Waals surface area contributed by atoms with E-state index in [0.717, 1.165) is 6.07 Å². The number of hydrogen-bond donors (Lipinski definition) is 3. The first-order chi connectivity index (χ1) is 20.6. The highest BCUT2D eigenvalue weighted by atomic mass is 35.5. The van der Waals surface area contributed by atoms with Gasteiger partial charge < -0.3 is 14.3 Å². The molecule has 0 fully saturated rings. The maximum atomic E-state index is 14.8. The molecule has 0 unspecified atom stereocenters. The summed E-state index contributed by atoms with van der Waals surface area (Å²) in [6, 6.07) is 18.9. The quantitative estimate of drug-likeness (QED) is 0.208. The summed E-state index contributed by atoms with van der Waals surface area (Å²) in [6.07, 6.45) is 0.633. The number of ether oxygens (including phenoxy) is 1. The zero-order valence-corrected chi connectivity index (χ0v) is 24.1. The van der Waals surface area contributed by atoms with Gasteiger partial charge in [-0.2, -0.15) is 0 Å². The van der Waals surface area contributed by atoms with Crippen molar-refractivity contribution in [2.24, 2.45) is 0 Å². The molecule has 0 spiro atoms. The average molecular weight is 623 g/mol. The van der Waals surface area contributed by atoms with Crippen molar-refractivity contribution >= 4 is 50.2 Å². The van der Waals surface area contributed by atoms with Crippen LogP contribution in [0.5, 0.6) is 0 Å². The fraction of sp³-hybridized carbons (Fsp3) is 0.100. The normalized spacial score (nSPS) is 11.3. The highest BCUT2D eigenvalue weighted by Crippen LogP contribution is 2.36. The van der Waals surface area contributed by atoms with E-state index >= 15 is 0 Å². The Balaban J connectivity index is 1.67. The fourth-order valence-corrected chi connectivity index (χ4v) is 5.84. The third-order valence-electron chi connectivity index (χ3n) is 6.51. The van der Waals surface area contributed by atoms with Crippen LogP contribution in [0.3, 0.4) is 0 Å². The molecule has 3 N–H and O–H groups in total. The van der Waals surface area contributed by atoms with Gasteiger partial charge in [0.2, 0.25) is 0 Å². The third kappa shape index (κ3) is 6.15. The number of carbonyl (C=O) groups excluding carboxylic acids is 2. The molecule has 0 atom stereocenters. The fourth-order valence-electron chi connectivity index (χ4n) is 4.67. The second-order valence-corrected chi connectivity index (χ2v) is 11.4. The summed E-state index contributed by atoms with van der Waals surface area (Å²) in [5, 5.41) is 3.09.